The van der Waals surface area contributed by atoms with E-state index in [4.69, 9.17) is 4.74 Å². The number of carbonyl (C=O) groups is 2. The molecule has 0 bridgehead atoms. The van der Waals surface area contributed by atoms with Crippen molar-refractivity contribution in [1.82, 2.24) is 4.98 Å². The Morgan fingerprint density at radius 1 is 1.10 bits per heavy atom. The van der Waals surface area contributed by atoms with Gasteiger partial charge in [-0.3, -0.25) is 14.9 Å². The number of hydrogen-bond donors (Lipinski definition) is 2. The number of aryl methyl sites for hydroxylation is 1. The average Bonchev–Trinajstić information content (AvgIpc) is 3.14. The van der Waals surface area contributed by atoms with Crippen molar-refractivity contribution in [2.45, 2.75) is 33.6 Å². The van der Waals surface area contributed by atoms with E-state index in [0.29, 0.717) is 11.0 Å². The molecule has 30 heavy (non-hydrogen) atoms. The predicted molar refractivity (Wildman–Crippen MR) is 121 cm³/mol. The summed E-state index contributed by atoms with van der Waals surface area (Å²) in [5.74, 6) is 0.671. The van der Waals surface area contributed by atoms with E-state index >= 15 is 0 Å². The Balaban J connectivity index is 1.60. The van der Waals surface area contributed by atoms with E-state index in [1.807, 2.05) is 54.8 Å². The summed E-state index contributed by atoms with van der Waals surface area (Å²) >= 11 is 1.35. The number of nitrogens with zero attached hydrogens (tertiary/aromatic N) is 1. The topological polar surface area (TPSA) is 80.3 Å². The normalized spacial score (nSPS) is 10.7. The molecule has 0 aliphatic heterocycles. The number of carbonyl (C=O) groups excluding carboxylic acids is 2. The molecule has 6 nitrogen and oxygen atoms in total. The summed E-state index contributed by atoms with van der Waals surface area (Å²) in [4.78, 5) is 27.9. The van der Waals surface area contributed by atoms with Gasteiger partial charge in [0.15, 0.2) is 11.7 Å². The second kappa shape index (κ2) is 9.54. The van der Waals surface area contributed by atoms with E-state index < -0.39 is 0 Å². The number of anilines is 2. The second-order valence-corrected chi connectivity index (χ2v) is 8.19. The maximum atomic E-state index is 12.3. The van der Waals surface area contributed by atoms with Gasteiger partial charge in [0.25, 0.3) is 5.91 Å². The Bertz CT molecular complexity index is 1040. The fraction of sp³-hybridized carbons (Fsp3) is 0.261. The van der Waals surface area contributed by atoms with Gasteiger partial charge in [-0.15, -0.1) is 11.3 Å². The van der Waals surface area contributed by atoms with Crippen LogP contribution in [-0.2, 0) is 9.59 Å². The smallest absolute Gasteiger partial charge is 0.264 e. The van der Waals surface area contributed by atoms with Crippen LogP contribution in [0.15, 0.2) is 47.8 Å². The molecule has 3 rings (SSSR count). The Kier molecular flexibility index (Phi) is 6.84. The molecule has 2 aromatic carbocycles. The maximum Gasteiger partial charge on any atom is 0.264 e. The lowest BCUT2D eigenvalue weighted by molar-refractivity contribution is -0.118. The molecule has 0 fully saturated rings. The van der Waals surface area contributed by atoms with Gasteiger partial charge in [0, 0.05) is 23.6 Å². The minimum absolute atomic E-state index is 0.0799. The van der Waals surface area contributed by atoms with Gasteiger partial charge >= 0.3 is 0 Å². The van der Waals surface area contributed by atoms with Gasteiger partial charge < -0.3 is 10.1 Å². The Morgan fingerprint density at radius 3 is 2.50 bits per heavy atom. The van der Waals surface area contributed by atoms with Crippen molar-refractivity contribution in [2.75, 3.05) is 17.2 Å². The summed E-state index contributed by atoms with van der Waals surface area (Å²) in [6, 6.07) is 13.4. The van der Waals surface area contributed by atoms with E-state index in [2.05, 4.69) is 29.5 Å². The van der Waals surface area contributed by atoms with Gasteiger partial charge in [-0.2, -0.15) is 0 Å². The molecule has 2 N–H and O–H groups in total. The molecule has 156 valence electrons. The van der Waals surface area contributed by atoms with Crippen LogP contribution in [0.1, 0.15) is 37.8 Å². The highest BCUT2D eigenvalue weighted by atomic mass is 32.1. The Hall–Kier alpha value is -3.19. The molecule has 0 saturated carbocycles. The van der Waals surface area contributed by atoms with Crippen molar-refractivity contribution in [1.29, 1.82) is 0 Å². The zero-order chi connectivity index (χ0) is 21.7. The predicted octanol–water partition coefficient (Wildman–Crippen LogP) is 5.22. The first-order valence-electron chi connectivity index (χ1n) is 9.68. The first-order valence-corrected chi connectivity index (χ1v) is 10.6. The van der Waals surface area contributed by atoms with Crippen LogP contribution < -0.4 is 15.4 Å². The van der Waals surface area contributed by atoms with Crippen molar-refractivity contribution in [3.63, 3.8) is 0 Å². The monoisotopic (exact) mass is 423 g/mol. The number of aromatic nitrogens is 1. The number of nitrogens with one attached hydrogen (secondary N) is 2. The summed E-state index contributed by atoms with van der Waals surface area (Å²) in [6.45, 7) is 7.57. The Labute approximate surface area is 180 Å². The van der Waals surface area contributed by atoms with E-state index in [0.717, 1.165) is 33.8 Å². The third-order valence-electron chi connectivity index (χ3n) is 4.40. The molecule has 0 aliphatic rings. The van der Waals surface area contributed by atoms with Crippen LogP contribution in [0.4, 0.5) is 10.8 Å². The van der Waals surface area contributed by atoms with E-state index in [1.165, 1.54) is 18.3 Å². The summed E-state index contributed by atoms with van der Waals surface area (Å²) in [5.41, 5.74) is 4.55. The average molecular weight is 424 g/mol. The summed E-state index contributed by atoms with van der Waals surface area (Å²) in [5, 5.41) is 7.91. The van der Waals surface area contributed by atoms with Crippen molar-refractivity contribution in [3.05, 3.63) is 59.0 Å². The highest BCUT2D eigenvalue weighted by molar-refractivity contribution is 7.14. The van der Waals surface area contributed by atoms with E-state index in [-0.39, 0.29) is 18.4 Å². The van der Waals surface area contributed by atoms with Crippen LogP contribution in [0, 0.1) is 6.92 Å². The van der Waals surface area contributed by atoms with Crippen LogP contribution >= 0.6 is 11.3 Å². The quantitative estimate of drug-likeness (QED) is 0.546. The number of benzene rings is 2. The molecule has 1 aromatic heterocycles. The number of hydrogen-bond acceptors (Lipinski definition) is 5. The molecule has 2 amide bonds. The van der Waals surface area contributed by atoms with Gasteiger partial charge in [-0.05, 0) is 42.2 Å². The minimum Gasteiger partial charge on any atom is -0.483 e. The second-order valence-electron chi connectivity index (χ2n) is 7.33. The maximum absolute atomic E-state index is 12.3. The fourth-order valence-electron chi connectivity index (χ4n) is 2.93. The molecule has 0 unspecified atom stereocenters. The van der Waals surface area contributed by atoms with Crippen LogP contribution in [-0.4, -0.2) is 23.4 Å². The van der Waals surface area contributed by atoms with Gasteiger partial charge in [-0.1, -0.05) is 38.1 Å². The molecular weight excluding hydrogens is 398 g/mol. The highest BCUT2D eigenvalue weighted by Gasteiger charge is 2.12. The van der Waals surface area contributed by atoms with Gasteiger partial charge in [0.2, 0.25) is 5.91 Å². The fourth-order valence-corrected chi connectivity index (χ4v) is 3.67. The first-order chi connectivity index (χ1) is 14.3. The summed E-state index contributed by atoms with van der Waals surface area (Å²) < 4.78 is 5.78. The van der Waals surface area contributed by atoms with E-state index in [1.54, 1.807) is 0 Å². The number of thiazole rings is 1. The molecule has 0 spiro atoms. The largest absolute Gasteiger partial charge is 0.483 e. The number of rotatable bonds is 7. The summed E-state index contributed by atoms with van der Waals surface area (Å²) in [7, 11) is 0. The molecule has 7 heteroatoms. The first kappa shape index (κ1) is 21.5. The van der Waals surface area contributed by atoms with Crippen LogP contribution in [0.3, 0.4) is 0 Å². The molecule has 0 atom stereocenters. The third kappa shape index (κ3) is 5.67. The third-order valence-corrected chi connectivity index (χ3v) is 5.16. The summed E-state index contributed by atoms with van der Waals surface area (Å²) in [6.07, 6.45) is 0. The number of ether oxygens (including phenoxy) is 1. The highest BCUT2D eigenvalue weighted by Crippen LogP contribution is 2.28. The van der Waals surface area contributed by atoms with Crippen LogP contribution in [0.25, 0.3) is 11.3 Å². The van der Waals surface area contributed by atoms with Gasteiger partial charge in [0.05, 0.1) is 5.69 Å². The lowest BCUT2D eigenvalue weighted by Gasteiger charge is -2.14. The van der Waals surface area contributed by atoms with Crippen molar-refractivity contribution in [3.8, 4) is 17.0 Å². The van der Waals surface area contributed by atoms with Crippen molar-refractivity contribution >= 4 is 34.0 Å². The number of amides is 2. The molecule has 0 saturated heterocycles. The molecule has 1 heterocycles. The SMILES string of the molecule is CC(=O)Nc1ccc(-c2csc(NC(=O)COc3cc(C)ccc3C(C)C)n2)cc1. The van der Waals surface area contributed by atoms with Crippen LogP contribution in [0.5, 0.6) is 5.75 Å². The lowest BCUT2D eigenvalue weighted by atomic mass is 10.0. The van der Waals surface area contributed by atoms with Gasteiger partial charge in [-0.25, -0.2) is 4.98 Å². The van der Waals surface area contributed by atoms with Gasteiger partial charge in [0.1, 0.15) is 5.75 Å². The van der Waals surface area contributed by atoms with Crippen molar-refractivity contribution in [2.24, 2.45) is 0 Å². The molecule has 0 radical (unpaired) electrons. The lowest BCUT2D eigenvalue weighted by Crippen LogP contribution is -2.20. The minimum atomic E-state index is -0.256. The molecular formula is C23H25N3O3S. The Morgan fingerprint density at radius 2 is 1.83 bits per heavy atom. The molecule has 3 aromatic rings. The standard InChI is InChI=1S/C23H25N3O3S/c1-14(2)19-10-5-15(3)11-21(19)29-12-22(28)26-23-25-20(13-30-23)17-6-8-18(9-7-17)24-16(4)27/h5-11,13-14H,12H2,1-4H3,(H,24,27)(H,25,26,28). The zero-order valence-corrected chi connectivity index (χ0v) is 18.3. The van der Waals surface area contributed by atoms with Crippen LogP contribution in [0.2, 0.25) is 0 Å². The molecule has 0 aliphatic carbocycles. The van der Waals surface area contributed by atoms with E-state index in [9.17, 15) is 9.59 Å². The zero-order valence-electron chi connectivity index (χ0n) is 17.5. The van der Waals surface area contributed by atoms with Crippen molar-refractivity contribution < 1.29 is 14.3 Å².